The summed E-state index contributed by atoms with van der Waals surface area (Å²) in [4.78, 5) is 41.2. The van der Waals surface area contributed by atoms with Crippen LogP contribution in [0.3, 0.4) is 0 Å². The highest BCUT2D eigenvalue weighted by Crippen LogP contribution is 2.37. The first kappa shape index (κ1) is 17.1. The standard InChI is InChI=1S/C20H25N3O3/c1-13-7-9-20(10-8-13)18(25)22(19(26)21-20)12-17(24)23-14(2)11-15-5-3-4-6-16(15)23/h3-6,13-14H,7-12H2,1-2H3,(H,21,26)/t13?,14-,20?/m0/s1. The first-order valence-electron chi connectivity index (χ1n) is 9.45. The van der Waals surface area contributed by atoms with E-state index in [-0.39, 0.29) is 24.4 Å². The highest BCUT2D eigenvalue weighted by molar-refractivity contribution is 6.10. The largest absolute Gasteiger partial charge is 0.325 e. The van der Waals surface area contributed by atoms with Gasteiger partial charge in [-0.05, 0) is 56.6 Å². The number of fused-ring (bicyclic) bond motifs is 1. The van der Waals surface area contributed by atoms with E-state index in [2.05, 4.69) is 12.2 Å². The second kappa shape index (κ2) is 6.11. The molecular weight excluding hydrogens is 330 g/mol. The van der Waals surface area contributed by atoms with Crippen molar-refractivity contribution in [1.82, 2.24) is 10.2 Å². The van der Waals surface area contributed by atoms with E-state index >= 15 is 0 Å². The van der Waals surface area contributed by atoms with Crippen LogP contribution in [0, 0.1) is 5.92 Å². The summed E-state index contributed by atoms with van der Waals surface area (Å²) in [6.07, 6.45) is 3.96. The Balaban J connectivity index is 1.52. The summed E-state index contributed by atoms with van der Waals surface area (Å²) in [5.41, 5.74) is 1.22. The van der Waals surface area contributed by atoms with Crippen LogP contribution in [0.25, 0.3) is 0 Å². The molecular formula is C20H25N3O3. The molecule has 0 radical (unpaired) electrons. The summed E-state index contributed by atoms with van der Waals surface area (Å²) in [7, 11) is 0. The van der Waals surface area contributed by atoms with Gasteiger partial charge in [0, 0.05) is 11.7 Å². The number of para-hydroxylation sites is 1. The van der Waals surface area contributed by atoms with E-state index in [1.165, 1.54) is 0 Å². The summed E-state index contributed by atoms with van der Waals surface area (Å²) in [6.45, 7) is 3.97. The zero-order valence-corrected chi connectivity index (χ0v) is 15.3. The molecule has 4 amide bonds. The van der Waals surface area contributed by atoms with Crippen LogP contribution in [0.15, 0.2) is 24.3 Å². The van der Waals surface area contributed by atoms with Crippen molar-refractivity contribution in [2.24, 2.45) is 5.92 Å². The number of hydrogen-bond acceptors (Lipinski definition) is 3. The zero-order valence-electron chi connectivity index (χ0n) is 15.3. The Labute approximate surface area is 153 Å². The predicted octanol–water partition coefficient (Wildman–Crippen LogP) is 2.46. The van der Waals surface area contributed by atoms with E-state index < -0.39 is 11.6 Å². The SMILES string of the molecule is CC1CCC2(CC1)NC(=O)N(CC(=O)N1c3ccccc3C[C@@H]1C)C2=O. The Hall–Kier alpha value is -2.37. The monoisotopic (exact) mass is 355 g/mol. The number of carbonyl (C=O) groups is 3. The molecule has 26 heavy (non-hydrogen) atoms. The number of amides is 4. The van der Waals surface area contributed by atoms with Gasteiger partial charge in [-0.25, -0.2) is 4.79 Å². The van der Waals surface area contributed by atoms with E-state index in [0.717, 1.165) is 35.4 Å². The molecule has 0 bridgehead atoms. The van der Waals surface area contributed by atoms with Crippen molar-refractivity contribution in [3.8, 4) is 0 Å². The van der Waals surface area contributed by atoms with Gasteiger partial charge < -0.3 is 10.2 Å². The molecule has 2 aliphatic heterocycles. The van der Waals surface area contributed by atoms with Gasteiger partial charge in [0.1, 0.15) is 12.1 Å². The van der Waals surface area contributed by atoms with E-state index in [1.54, 1.807) is 4.90 Å². The minimum absolute atomic E-state index is 0.0326. The zero-order chi connectivity index (χ0) is 18.5. The van der Waals surface area contributed by atoms with Gasteiger partial charge in [0.15, 0.2) is 0 Å². The van der Waals surface area contributed by atoms with Gasteiger partial charge in [-0.3, -0.25) is 14.5 Å². The number of hydrogen-bond donors (Lipinski definition) is 1. The van der Waals surface area contributed by atoms with Crippen molar-refractivity contribution in [2.45, 2.75) is 57.5 Å². The molecule has 1 aromatic rings. The van der Waals surface area contributed by atoms with E-state index in [0.29, 0.717) is 18.8 Å². The smallest absolute Gasteiger partial charge is 0.323 e. The van der Waals surface area contributed by atoms with Crippen LogP contribution in [-0.4, -0.2) is 40.9 Å². The number of nitrogens with zero attached hydrogens (tertiary/aromatic N) is 2. The second-order valence-corrected chi connectivity index (χ2v) is 8.03. The molecule has 1 aliphatic carbocycles. The van der Waals surface area contributed by atoms with Gasteiger partial charge in [0.2, 0.25) is 5.91 Å². The van der Waals surface area contributed by atoms with Crippen molar-refractivity contribution in [3.63, 3.8) is 0 Å². The fraction of sp³-hybridized carbons (Fsp3) is 0.550. The maximum absolute atomic E-state index is 12.9. The Morgan fingerprint density at radius 3 is 2.62 bits per heavy atom. The second-order valence-electron chi connectivity index (χ2n) is 8.03. The van der Waals surface area contributed by atoms with Crippen LogP contribution in [0.4, 0.5) is 10.5 Å². The van der Waals surface area contributed by atoms with Crippen molar-refractivity contribution in [3.05, 3.63) is 29.8 Å². The number of anilines is 1. The average Bonchev–Trinajstić information content (AvgIpc) is 3.06. The molecule has 4 rings (SSSR count). The van der Waals surface area contributed by atoms with Gasteiger partial charge in [0.25, 0.3) is 5.91 Å². The third kappa shape index (κ3) is 2.59. The Bertz CT molecular complexity index is 767. The normalized spacial score (nSPS) is 30.7. The van der Waals surface area contributed by atoms with Crippen molar-refractivity contribution in [1.29, 1.82) is 0 Å². The predicted molar refractivity (Wildman–Crippen MR) is 97.7 cm³/mol. The lowest BCUT2D eigenvalue weighted by molar-refractivity contribution is -0.135. The lowest BCUT2D eigenvalue weighted by atomic mass is 9.77. The van der Waals surface area contributed by atoms with E-state index in [9.17, 15) is 14.4 Å². The fourth-order valence-electron chi connectivity index (χ4n) is 4.57. The van der Waals surface area contributed by atoms with Crippen LogP contribution >= 0.6 is 0 Å². The van der Waals surface area contributed by atoms with Gasteiger partial charge in [-0.1, -0.05) is 25.1 Å². The molecule has 1 saturated carbocycles. The molecule has 0 aromatic heterocycles. The molecule has 1 N–H and O–H groups in total. The Morgan fingerprint density at radius 2 is 1.88 bits per heavy atom. The maximum atomic E-state index is 12.9. The molecule has 2 heterocycles. The van der Waals surface area contributed by atoms with Gasteiger partial charge >= 0.3 is 6.03 Å². The van der Waals surface area contributed by atoms with Crippen LogP contribution in [0.5, 0.6) is 0 Å². The highest BCUT2D eigenvalue weighted by Gasteiger charge is 2.52. The topological polar surface area (TPSA) is 69.7 Å². The van der Waals surface area contributed by atoms with Crippen LogP contribution in [-0.2, 0) is 16.0 Å². The average molecular weight is 355 g/mol. The summed E-state index contributed by atoms with van der Waals surface area (Å²) in [5.74, 6) is 0.137. The molecule has 1 atom stereocenters. The summed E-state index contributed by atoms with van der Waals surface area (Å²) >= 11 is 0. The molecule has 1 saturated heterocycles. The van der Waals surface area contributed by atoms with E-state index in [1.807, 2.05) is 31.2 Å². The lowest BCUT2D eigenvalue weighted by Crippen LogP contribution is -2.50. The summed E-state index contributed by atoms with van der Waals surface area (Å²) in [5, 5.41) is 2.88. The number of carbonyl (C=O) groups excluding carboxylic acids is 3. The fourth-order valence-corrected chi connectivity index (χ4v) is 4.57. The van der Waals surface area contributed by atoms with Crippen LogP contribution in [0.2, 0.25) is 0 Å². The molecule has 6 nitrogen and oxygen atoms in total. The number of nitrogens with one attached hydrogen (secondary N) is 1. The lowest BCUT2D eigenvalue weighted by Gasteiger charge is -2.33. The minimum Gasteiger partial charge on any atom is -0.323 e. The van der Waals surface area contributed by atoms with E-state index in [4.69, 9.17) is 0 Å². The molecule has 1 aromatic carbocycles. The first-order chi connectivity index (χ1) is 12.4. The number of benzene rings is 1. The third-order valence-corrected chi connectivity index (χ3v) is 6.14. The number of imide groups is 1. The highest BCUT2D eigenvalue weighted by atomic mass is 16.2. The van der Waals surface area contributed by atoms with Crippen molar-refractivity contribution >= 4 is 23.5 Å². The third-order valence-electron chi connectivity index (χ3n) is 6.14. The van der Waals surface area contributed by atoms with Gasteiger partial charge in [-0.15, -0.1) is 0 Å². The summed E-state index contributed by atoms with van der Waals surface area (Å²) < 4.78 is 0. The van der Waals surface area contributed by atoms with Crippen LogP contribution in [0.1, 0.15) is 45.1 Å². The molecule has 0 unspecified atom stereocenters. The molecule has 1 spiro atoms. The summed E-state index contributed by atoms with van der Waals surface area (Å²) in [6, 6.07) is 7.41. The van der Waals surface area contributed by atoms with Gasteiger partial charge in [-0.2, -0.15) is 0 Å². The van der Waals surface area contributed by atoms with Crippen molar-refractivity contribution < 1.29 is 14.4 Å². The molecule has 3 aliphatic rings. The Morgan fingerprint density at radius 1 is 1.19 bits per heavy atom. The molecule has 2 fully saturated rings. The first-order valence-corrected chi connectivity index (χ1v) is 9.45. The number of urea groups is 1. The minimum atomic E-state index is -0.793. The van der Waals surface area contributed by atoms with Gasteiger partial charge in [0.05, 0.1) is 0 Å². The maximum Gasteiger partial charge on any atom is 0.325 e. The van der Waals surface area contributed by atoms with Crippen LogP contribution < -0.4 is 10.2 Å². The van der Waals surface area contributed by atoms with Crippen molar-refractivity contribution in [2.75, 3.05) is 11.4 Å². The quantitative estimate of drug-likeness (QED) is 0.829. The Kier molecular flexibility index (Phi) is 4.01. The molecule has 138 valence electrons. The number of rotatable bonds is 2. The molecule has 6 heteroatoms.